The van der Waals surface area contributed by atoms with Gasteiger partial charge in [0.05, 0.1) is 0 Å². The van der Waals surface area contributed by atoms with Gasteiger partial charge in [0.2, 0.25) is 0 Å². The first-order valence-electron chi connectivity index (χ1n) is 17.9. The quantitative estimate of drug-likeness (QED) is 0.182. The minimum absolute atomic E-state index is 0.593. The summed E-state index contributed by atoms with van der Waals surface area (Å²) in [6.07, 6.45) is 0. The predicted octanol–water partition coefficient (Wildman–Crippen LogP) is 12.9. The summed E-state index contributed by atoms with van der Waals surface area (Å²) in [4.78, 5) is 15.7. The zero-order chi connectivity index (χ0) is 34.9. The molecule has 4 nitrogen and oxygen atoms in total. The second-order valence-electron chi connectivity index (χ2n) is 13.5. The lowest BCUT2D eigenvalue weighted by molar-refractivity contribution is 0.669. The molecule has 0 aliphatic heterocycles. The third-order valence-corrected chi connectivity index (χ3v) is 10.5. The van der Waals surface area contributed by atoms with Crippen LogP contribution in [0.15, 0.2) is 180 Å². The summed E-state index contributed by atoms with van der Waals surface area (Å²) >= 11 is 0. The summed E-state index contributed by atoms with van der Waals surface area (Å²) in [6, 6.07) is 61.5. The van der Waals surface area contributed by atoms with Crippen molar-refractivity contribution in [2.45, 2.75) is 0 Å². The van der Waals surface area contributed by atoms with E-state index in [9.17, 15) is 0 Å². The molecule has 0 bridgehead atoms. The first-order valence-corrected chi connectivity index (χ1v) is 17.9. The number of hydrogen-bond acceptors (Lipinski definition) is 4. The summed E-state index contributed by atoms with van der Waals surface area (Å²) in [6.45, 7) is 0. The fourth-order valence-electron chi connectivity index (χ4n) is 8.06. The van der Waals surface area contributed by atoms with E-state index in [1.54, 1.807) is 0 Å². The number of fused-ring (bicyclic) bond motifs is 6. The van der Waals surface area contributed by atoms with Gasteiger partial charge in [0.1, 0.15) is 11.2 Å². The van der Waals surface area contributed by atoms with Crippen molar-refractivity contribution in [1.29, 1.82) is 0 Å². The van der Waals surface area contributed by atoms with Crippen molar-refractivity contribution < 1.29 is 4.42 Å². The molecule has 0 N–H and O–H groups in total. The zero-order valence-corrected chi connectivity index (χ0v) is 28.5. The molecule has 2 heterocycles. The SMILES string of the molecule is c1ccc(-c2nc(-c3ccc4c(c3)-c3cccc5cccc-4c35)nc(-c3cc(-c4ccccc4-c4ccccc4)cc4oc5ccccc5c34)n2)cc1. The Morgan fingerprint density at radius 3 is 1.66 bits per heavy atom. The van der Waals surface area contributed by atoms with E-state index in [0.717, 1.165) is 60.9 Å². The molecular formula is C49H29N3O. The van der Waals surface area contributed by atoms with E-state index in [1.165, 1.54) is 33.0 Å². The molecule has 0 atom stereocenters. The van der Waals surface area contributed by atoms with Crippen LogP contribution < -0.4 is 0 Å². The normalized spacial score (nSPS) is 11.8. The molecular weight excluding hydrogens is 647 g/mol. The average Bonchev–Trinajstić information content (AvgIpc) is 3.77. The fourth-order valence-corrected chi connectivity index (χ4v) is 8.06. The van der Waals surface area contributed by atoms with Crippen molar-refractivity contribution in [3.8, 4) is 78.7 Å². The highest BCUT2D eigenvalue weighted by molar-refractivity contribution is 6.16. The van der Waals surface area contributed by atoms with Gasteiger partial charge >= 0.3 is 0 Å². The highest BCUT2D eigenvalue weighted by Gasteiger charge is 2.24. The lowest BCUT2D eigenvalue weighted by Crippen LogP contribution is -2.01. The molecule has 0 fully saturated rings. The van der Waals surface area contributed by atoms with Crippen LogP contribution in [0.2, 0.25) is 0 Å². The smallest absolute Gasteiger partial charge is 0.164 e. The molecule has 1 aliphatic rings. The van der Waals surface area contributed by atoms with Crippen LogP contribution in [0.1, 0.15) is 0 Å². The first-order chi connectivity index (χ1) is 26.3. The highest BCUT2D eigenvalue weighted by Crippen LogP contribution is 2.48. The van der Waals surface area contributed by atoms with E-state index in [2.05, 4.69) is 140 Å². The molecule has 246 valence electrons. The van der Waals surface area contributed by atoms with Crippen LogP contribution in [0, 0.1) is 0 Å². The lowest BCUT2D eigenvalue weighted by Gasteiger charge is -2.14. The van der Waals surface area contributed by atoms with Gasteiger partial charge in [0.25, 0.3) is 0 Å². The van der Waals surface area contributed by atoms with E-state index in [0.29, 0.717) is 17.5 Å². The zero-order valence-electron chi connectivity index (χ0n) is 28.5. The van der Waals surface area contributed by atoms with Crippen LogP contribution in [-0.4, -0.2) is 15.0 Å². The van der Waals surface area contributed by atoms with Gasteiger partial charge in [-0.05, 0) is 79.5 Å². The van der Waals surface area contributed by atoms with Crippen molar-refractivity contribution in [2.75, 3.05) is 0 Å². The number of para-hydroxylation sites is 1. The van der Waals surface area contributed by atoms with Gasteiger partial charge in [-0.15, -0.1) is 0 Å². The molecule has 0 saturated carbocycles. The molecule has 53 heavy (non-hydrogen) atoms. The molecule has 0 saturated heterocycles. The number of furan rings is 1. The molecule has 0 unspecified atom stereocenters. The number of aromatic nitrogens is 3. The highest BCUT2D eigenvalue weighted by atomic mass is 16.3. The van der Waals surface area contributed by atoms with Crippen LogP contribution in [0.5, 0.6) is 0 Å². The van der Waals surface area contributed by atoms with E-state index in [4.69, 9.17) is 19.4 Å². The number of hydrogen-bond donors (Lipinski definition) is 0. The third kappa shape index (κ3) is 4.73. The largest absolute Gasteiger partial charge is 0.456 e. The van der Waals surface area contributed by atoms with Crippen LogP contribution in [0.25, 0.3) is 111 Å². The minimum atomic E-state index is 0.593. The van der Waals surface area contributed by atoms with Crippen molar-refractivity contribution >= 4 is 32.7 Å². The summed E-state index contributed by atoms with van der Waals surface area (Å²) < 4.78 is 6.59. The summed E-state index contributed by atoms with van der Waals surface area (Å²) in [5.74, 6) is 1.83. The maximum absolute atomic E-state index is 6.59. The van der Waals surface area contributed by atoms with Crippen molar-refractivity contribution in [1.82, 2.24) is 15.0 Å². The van der Waals surface area contributed by atoms with Gasteiger partial charge in [0.15, 0.2) is 17.5 Å². The predicted molar refractivity (Wildman–Crippen MR) is 216 cm³/mol. The molecule has 1 aliphatic carbocycles. The van der Waals surface area contributed by atoms with Crippen LogP contribution in [0.4, 0.5) is 0 Å². The van der Waals surface area contributed by atoms with Crippen molar-refractivity contribution in [3.05, 3.63) is 176 Å². The molecule has 0 radical (unpaired) electrons. The molecule has 10 aromatic rings. The topological polar surface area (TPSA) is 51.8 Å². The molecule has 0 spiro atoms. The lowest BCUT2D eigenvalue weighted by atomic mass is 9.92. The van der Waals surface area contributed by atoms with E-state index in [1.807, 2.05) is 36.4 Å². The van der Waals surface area contributed by atoms with Crippen molar-refractivity contribution in [2.24, 2.45) is 0 Å². The van der Waals surface area contributed by atoms with E-state index in [-0.39, 0.29) is 0 Å². The minimum Gasteiger partial charge on any atom is -0.456 e. The molecule has 8 aromatic carbocycles. The van der Waals surface area contributed by atoms with Gasteiger partial charge in [-0.1, -0.05) is 152 Å². The first kappa shape index (κ1) is 29.5. The van der Waals surface area contributed by atoms with Gasteiger partial charge in [-0.25, -0.2) is 15.0 Å². The maximum Gasteiger partial charge on any atom is 0.164 e. The second kappa shape index (κ2) is 11.7. The molecule has 11 rings (SSSR count). The summed E-state index contributed by atoms with van der Waals surface area (Å²) in [5, 5.41) is 4.54. The Labute approximate surface area is 305 Å². The maximum atomic E-state index is 6.59. The Morgan fingerprint density at radius 1 is 0.302 bits per heavy atom. The summed E-state index contributed by atoms with van der Waals surface area (Å²) in [5.41, 5.74) is 13.7. The Balaban J connectivity index is 1.17. The Kier molecular flexibility index (Phi) is 6.52. The van der Waals surface area contributed by atoms with Crippen LogP contribution >= 0.6 is 0 Å². The van der Waals surface area contributed by atoms with Gasteiger partial charge < -0.3 is 4.42 Å². The van der Waals surface area contributed by atoms with Crippen molar-refractivity contribution in [3.63, 3.8) is 0 Å². The number of nitrogens with zero attached hydrogens (tertiary/aromatic N) is 3. The van der Waals surface area contributed by atoms with Gasteiger partial charge in [0, 0.05) is 27.5 Å². The van der Waals surface area contributed by atoms with Gasteiger partial charge in [-0.2, -0.15) is 0 Å². The summed E-state index contributed by atoms with van der Waals surface area (Å²) in [7, 11) is 0. The van der Waals surface area contributed by atoms with Gasteiger partial charge in [-0.3, -0.25) is 0 Å². The number of benzene rings is 8. The average molecular weight is 676 g/mol. The van der Waals surface area contributed by atoms with Crippen LogP contribution in [0.3, 0.4) is 0 Å². The number of rotatable bonds is 5. The van der Waals surface area contributed by atoms with E-state index < -0.39 is 0 Å². The molecule has 0 amide bonds. The third-order valence-electron chi connectivity index (χ3n) is 10.5. The fraction of sp³-hybridized carbons (Fsp3) is 0. The monoisotopic (exact) mass is 675 g/mol. The Bertz CT molecular complexity index is 3050. The molecule has 4 heteroatoms. The van der Waals surface area contributed by atoms with E-state index >= 15 is 0 Å². The standard InChI is InChI=1S/C49H29N3O/c1-3-13-30(14-4-1)35-19-7-8-20-36(35)34-28-42(46-40-21-9-10-24-43(40)53-44(46)29-34)49-51-47(32-15-5-2-6-16-32)50-48(52-49)33-25-26-37-38-22-11-17-31-18-12-23-39(45(31)38)41(37)27-33/h1-29H. The Hall–Kier alpha value is -7.17. The van der Waals surface area contributed by atoms with Crippen LogP contribution in [-0.2, 0) is 0 Å². The second-order valence-corrected chi connectivity index (χ2v) is 13.5. The Morgan fingerprint density at radius 2 is 0.887 bits per heavy atom. The molecule has 2 aromatic heterocycles.